The van der Waals surface area contributed by atoms with Crippen LogP contribution in [0.15, 0.2) is 0 Å². The van der Waals surface area contributed by atoms with E-state index in [1.807, 2.05) is 0 Å². The standard InChI is InChI=1S/2C4H12O3SSi.2C4H9.Sn/c2*1-5-9(4-8,6-2)7-3;2*1-3-4-2;/h2*8H,4H2,1-3H3;2*1,3-4H2,2H3;/q;;;;+2/p-2. The van der Waals surface area contributed by atoms with Crippen molar-refractivity contribution in [2.24, 2.45) is 0 Å². The molecule has 0 N–H and O–H groups in total. The Morgan fingerprint density at radius 2 is 0.889 bits per heavy atom. The van der Waals surface area contributed by atoms with Crippen LogP contribution in [0, 0.1) is 0 Å². The van der Waals surface area contributed by atoms with Crippen molar-refractivity contribution in [3.05, 3.63) is 0 Å². The van der Waals surface area contributed by atoms with Crippen LogP contribution < -0.4 is 0 Å². The van der Waals surface area contributed by atoms with Crippen LogP contribution in [0.25, 0.3) is 0 Å². The van der Waals surface area contributed by atoms with Crippen LogP contribution >= 0.6 is 17.9 Å². The van der Waals surface area contributed by atoms with E-state index < -0.39 is 33.2 Å². The number of rotatable bonds is 18. The third-order valence-electron chi connectivity index (χ3n) is 4.71. The molecule has 0 amide bonds. The summed E-state index contributed by atoms with van der Waals surface area (Å²) in [4.78, 5) is 0. The van der Waals surface area contributed by atoms with Crippen LogP contribution in [0.1, 0.15) is 39.5 Å². The summed E-state index contributed by atoms with van der Waals surface area (Å²) in [5.41, 5.74) is 0. The third-order valence-corrected chi connectivity index (χ3v) is 46.5. The second-order valence-corrected chi connectivity index (χ2v) is 39.6. The van der Waals surface area contributed by atoms with Gasteiger partial charge < -0.3 is 0 Å². The quantitative estimate of drug-likeness (QED) is 0.227. The minimum atomic E-state index is -2.64. The van der Waals surface area contributed by atoms with Gasteiger partial charge in [0.25, 0.3) is 0 Å². The zero-order valence-electron chi connectivity index (χ0n) is 18.4. The molecule has 0 saturated heterocycles. The molecule has 0 unspecified atom stereocenters. The molecule has 0 aromatic heterocycles. The first-order valence-corrected chi connectivity index (χ1v) is 26.4. The first kappa shape index (κ1) is 28.7. The number of hydrogen-bond acceptors (Lipinski definition) is 8. The van der Waals surface area contributed by atoms with Crippen molar-refractivity contribution in [2.45, 2.75) is 48.4 Å². The Bertz CT molecular complexity index is 326. The SMILES string of the molecule is CCC[CH2][Sn]([CH2]CCC)([S]C[Si](OC)(OC)OC)[S]C[Si](OC)(OC)OC. The Labute approximate surface area is 178 Å². The normalized spacial score (nSPS) is 13.3. The van der Waals surface area contributed by atoms with E-state index in [4.69, 9.17) is 26.6 Å². The van der Waals surface area contributed by atoms with Crippen LogP contribution in [-0.2, 0) is 26.6 Å². The van der Waals surface area contributed by atoms with Crippen molar-refractivity contribution < 1.29 is 26.6 Å². The van der Waals surface area contributed by atoms with Gasteiger partial charge in [-0.3, -0.25) is 0 Å². The van der Waals surface area contributed by atoms with Crippen LogP contribution in [-0.4, -0.2) is 86.6 Å². The first-order chi connectivity index (χ1) is 12.9. The van der Waals surface area contributed by atoms with E-state index in [9.17, 15) is 0 Å². The molecular weight excluding hydrogens is 527 g/mol. The van der Waals surface area contributed by atoms with Crippen LogP contribution in [0.2, 0.25) is 8.87 Å². The monoisotopic (exact) mass is 568 g/mol. The van der Waals surface area contributed by atoms with Gasteiger partial charge in [-0.1, -0.05) is 0 Å². The average Bonchev–Trinajstić information content (AvgIpc) is 2.73. The van der Waals surface area contributed by atoms with Crippen molar-refractivity contribution in [3.8, 4) is 0 Å². The summed E-state index contributed by atoms with van der Waals surface area (Å²) in [6.45, 7) is 4.53. The van der Waals surface area contributed by atoms with Crippen molar-refractivity contribution in [3.63, 3.8) is 0 Å². The van der Waals surface area contributed by atoms with E-state index >= 15 is 0 Å². The molecule has 0 atom stereocenters. The summed E-state index contributed by atoms with van der Waals surface area (Å²) in [7, 11) is 9.23. The third kappa shape index (κ3) is 9.58. The van der Waals surface area contributed by atoms with E-state index in [1.165, 1.54) is 34.6 Å². The van der Waals surface area contributed by atoms with E-state index in [-0.39, 0.29) is 0 Å². The molecule has 11 heteroatoms. The number of unbranched alkanes of at least 4 members (excludes halogenated alkanes) is 2. The van der Waals surface area contributed by atoms with E-state index in [2.05, 4.69) is 31.7 Å². The van der Waals surface area contributed by atoms with Gasteiger partial charge in [-0.25, -0.2) is 0 Å². The predicted octanol–water partition coefficient (Wildman–Crippen LogP) is 4.33. The van der Waals surface area contributed by atoms with Gasteiger partial charge in [0.15, 0.2) is 0 Å². The Balaban J connectivity index is 5.47. The van der Waals surface area contributed by atoms with Crippen LogP contribution in [0.4, 0.5) is 0 Å². The summed E-state index contributed by atoms with van der Waals surface area (Å²) in [6, 6.07) is 0. The maximum atomic E-state index is 5.68. The van der Waals surface area contributed by atoms with Crippen molar-refractivity contribution in [2.75, 3.05) is 53.4 Å². The van der Waals surface area contributed by atoms with Crippen LogP contribution in [0.5, 0.6) is 0 Å². The summed E-state index contributed by atoms with van der Waals surface area (Å²) in [6.07, 6.45) is 4.97. The molecule has 6 nitrogen and oxygen atoms in total. The molecule has 164 valence electrons. The molecule has 0 saturated carbocycles. The molecule has 0 rings (SSSR count). The molecule has 0 spiro atoms. The van der Waals surface area contributed by atoms with Gasteiger partial charge in [0.1, 0.15) is 0 Å². The van der Waals surface area contributed by atoms with E-state index in [1.54, 1.807) is 42.7 Å². The summed E-state index contributed by atoms with van der Waals surface area (Å²) in [5, 5.41) is 1.63. The molecule has 0 aromatic carbocycles. The van der Waals surface area contributed by atoms with Gasteiger partial charge in [0.05, 0.1) is 0 Å². The second kappa shape index (κ2) is 15.5. The fourth-order valence-electron chi connectivity index (χ4n) is 2.64. The summed E-state index contributed by atoms with van der Waals surface area (Å²) in [5.74, 6) is 0. The molecule has 0 radical (unpaired) electrons. The van der Waals surface area contributed by atoms with Gasteiger partial charge in [0.2, 0.25) is 0 Å². The molecule has 0 heterocycles. The van der Waals surface area contributed by atoms with Gasteiger partial charge in [-0.05, 0) is 0 Å². The Morgan fingerprint density at radius 1 is 0.593 bits per heavy atom. The first-order valence-electron chi connectivity index (χ1n) is 9.49. The Morgan fingerprint density at radius 3 is 1.11 bits per heavy atom. The van der Waals surface area contributed by atoms with Gasteiger partial charge in [-0.2, -0.15) is 0 Å². The molecule has 0 aliphatic heterocycles. The number of hydrogen-bond donors (Lipinski definition) is 0. The second-order valence-electron chi connectivity index (χ2n) is 6.29. The Hall–Kier alpha value is 1.69. The fraction of sp³-hybridized carbons (Fsp3) is 1.00. The average molecular weight is 568 g/mol. The Kier molecular flexibility index (Phi) is 16.5. The molecular formula is C16H40O6S2Si2Sn. The molecule has 0 bridgehead atoms. The molecule has 0 fully saturated rings. The van der Waals surface area contributed by atoms with Crippen molar-refractivity contribution in [1.29, 1.82) is 0 Å². The van der Waals surface area contributed by atoms with Gasteiger partial charge in [-0.15, -0.1) is 0 Å². The maximum absolute atomic E-state index is 5.68. The summed E-state index contributed by atoms with van der Waals surface area (Å²) >= 11 is -2.64. The van der Waals surface area contributed by atoms with Crippen molar-refractivity contribution >= 4 is 51.1 Å². The zero-order chi connectivity index (χ0) is 20.8. The van der Waals surface area contributed by atoms with E-state index in [0.29, 0.717) is 0 Å². The topological polar surface area (TPSA) is 55.4 Å². The van der Waals surface area contributed by atoms with Crippen molar-refractivity contribution in [1.82, 2.24) is 0 Å². The zero-order valence-corrected chi connectivity index (χ0v) is 24.9. The molecule has 27 heavy (non-hydrogen) atoms. The molecule has 0 aromatic rings. The fourth-order valence-corrected chi connectivity index (χ4v) is 57.4. The summed E-state index contributed by atoms with van der Waals surface area (Å²) < 4.78 is 36.7. The molecule has 0 aliphatic rings. The van der Waals surface area contributed by atoms with Crippen LogP contribution in [0.3, 0.4) is 0 Å². The molecule has 0 aliphatic carbocycles. The predicted molar refractivity (Wildman–Crippen MR) is 124 cm³/mol. The van der Waals surface area contributed by atoms with Gasteiger partial charge >= 0.3 is 179 Å². The minimum absolute atomic E-state index is 0.814. The van der Waals surface area contributed by atoms with E-state index in [0.717, 1.165) is 10.8 Å². The van der Waals surface area contributed by atoms with Gasteiger partial charge in [0, 0.05) is 0 Å².